The van der Waals surface area contributed by atoms with Gasteiger partial charge in [-0.1, -0.05) is 0 Å². The van der Waals surface area contributed by atoms with E-state index >= 15 is 0 Å². The maximum atomic E-state index is 13.3. The summed E-state index contributed by atoms with van der Waals surface area (Å²) in [5.41, 5.74) is 0.446. The molecule has 0 spiro atoms. The second-order valence-corrected chi connectivity index (χ2v) is 6.95. The van der Waals surface area contributed by atoms with Gasteiger partial charge in [0.1, 0.15) is 16.8 Å². The number of hydrogen-bond donors (Lipinski definition) is 1. The van der Waals surface area contributed by atoms with Crippen LogP contribution in [0.2, 0.25) is 0 Å². The summed E-state index contributed by atoms with van der Waals surface area (Å²) in [7, 11) is -2.04. The standard InChI is InChI=1S/C13H18FNO4S/c1-8(15-13(16)9(2)20(4,17)18)11-7-10(14)5-6-12(11)19-3/h5-9H,1-4H3,(H,15,16)/t8-,9+/m1/s1. The number of carbonyl (C=O) groups is 1. The third kappa shape index (κ3) is 3.93. The molecular weight excluding hydrogens is 285 g/mol. The fourth-order valence-corrected chi connectivity index (χ4v) is 2.10. The van der Waals surface area contributed by atoms with Crippen LogP contribution in [0.4, 0.5) is 4.39 Å². The average molecular weight is 303 g/mol. The Kier molecular flexibility index (Phi) is 5.10. The van der Waals surface area contributed by atoms with Crippen molar-refractivity contribution in [3.8, 4) is 5.75 Å². The predicted molar refractivity (Wildman–Crippen MR) is 73.8 cm³/mol. The van der Waals surface area contributed by atoms with E-state index in [0.717, 1.165) is 6.26 Å². The topological polar surface area (TPSA) is 72.5 Å². The Morgan fingerprint density at radius 3 is 2.45 bits per heavy atom. The van der Waals surface area contributed by atoms with Gasteiger partial charge >= 0.3 is 0 Å². The Morgan fingerprint density at radius 2 is 1.95 bits per heavy atom. The molecule has 20 heavy (non-hydrogen) atoms. The number of nitrogens with one attached hydrogen (secondary N) is 1. The predicted octanol–water partition coefficient (Wildman–Crippen LogP) is 1.44. The van der Waals surface area contributed by atoms with Crippen LogP contribution in [0.25, 0.3) is 0 Å². The van der Waals surface area contributed by atoms with Crippen LogP contribution in [0.1, 0.15) is 25.5 Å². The molecule has 0 bridgehead atoms. The van der Waals surface area contributed by atoms with E-state index in [1.54, 1.807) is 6.92 Å². The molecule has 1 N–H and O–H groups in total. The monoisotopic (exact) mass is 303 g/mol. The van der Waals surface area contributed by atoms with Crippen molar-refractivity contribution >= 4 is 15.7 Å². The summed E-state index contributed by atoms with van der Waals surface area (Å²) in [6.07, 6.45) is 0.991. The first kappa shape index (κ1) is 16.4. The molecule has 0 radical (unpaired) electrons. The van der Waals surface area contributed by atoms with Gasteiger partial charge in [-0.15, -0.1) is 0 Å². The molecule has 0 saturated carbocycles. The van der Waals surface area contributed by atoms with Gasteiger partial charge in [0, 0.05) is 11.8 Å². The molecule has 1 amide bonds. The largest absolute Gasteiger partial charge is 0.496 e. The number of ether oxygens (including phenoxy) is 1. The van der Waals surface area contributed by atoms with E-state index in [1.165, 1.54) is 32.2 Å². The highest BCUT2D eigenvalue weighted by Gasteiger charge is 2.25. The second kappa shape index (κ2) is 6.21. The lowest BCUT2D eigenvalue weighted by atomic mass is 10.1. The highest BCUT2D eigenvalue weighted by molar-refractivity contribution is 7.92. The van der Waals surface area contributed by atoms with Crippen molar-refractivity contribution in [2.45, 2.75) is 25.1 Å². The van der Waals surface area contributed by atoms with Gasteiger partial charge in [-0.25, -0.2) is 12.8 Å². The van der Waals surface area contributed by atoms with Crippen LogP contribution in [0, 0.1) is 5.82 Å². The van der Waals surface area contributed by atoms with Gasteiger partial charge in [0.2, 0.25) is 5.91 Å². The molecule has 0 aliphatic heterocycles. The SMILES string of the molecule is COc1ccc(F)cc1[C@@H](C)NC(=O)[C@H](C)S(C)(=O)=O. The summed E-state index contributed by atoms with van der Waals surface area (Å²) < 4.78 is 41.0. The fourth-order valence-electron chi connectivity index (χ4n) is 1.65. The normalized spacial score (nSPS) is 14.4. The summed E-state index contributed by atoms with van der Waals surface area (Å²) in [4.78, 5) is 11.8. The zero-order valence-electron chi connectivity index (χ0n) is 11.8. The molecule has 1 aromatic rings. The van der Waals surface area contributed by atoms with Crippen LogP contribution in [0.3, 0.4) is 0 Å². The summed E-state index contributed by atoms with van der Waals surface area (Å²) in [5, 5.41) is 1.38. The Balaban J connectivity index is 2.94. The summed E-state index contributed by atoms with van der Waals surface area (Å²) in [6, 6.07) is 3.37. The van der Waals surface area contributed by atoms with E-state index in [4.69, 9.17) is 4.74 Å². The first-order valence-corrected chi connectivity index (χ1v) is 7.95. The van der Waals surface area contributed by atoms with Gasteiger partial charge in [-0.3, -0.25) is 4.79 Å². The molecule has 0 fully saturated rings. The maximum absolute atomic E-state index is 13.3. The van der Waals surface area contributed by atoms with Crippen molar-refractivity contribution in [3.63, 3.8) is 0 Å². The first-order chi connectivity index (χ1) is 9.16. The molecule has 0 saturated heterocycles. The van der Waals surface area contributed by atoms with Crippen molar-refractivity contribution in [3.05, 3.63) is 29.6 Å². The Morgan fingerprint density at radius 1 is 1.35 bits per heavy atom. The van der Waals surface area contributed by atoms with Gasteiger partial charge in [0.25, 0.3) is 0 Å². The van der Waals surface area contributed by atoms with Gasteiger partial charge in [-0.05, 0) is 32.0 Å². The highest BCUT2D eigenvalue weighted by atomic mass is 32.2. The molecule has 0 aliphatic carbocycles. The van der Waals surface area contributed by atoms with E-state index in [0.29, 0.717) is 11.3 Å². The molecule has 0 aliphatic rings. The zero-order valence-corrected chi connectivity index (χ0v) is 12.6. The molecule has 2 atom stereocenters. The van der Waals surface area contributed by atoms with E-state index < -0.39 is 32.9 Å². The van der Waals surface area contributed by atoms with Crippen molar-refractivity contribution in [2.24, 2.45) is 0 Å². The molecule has 1 aromatic carbocycles. The van der Waals surface area contributed by atoms with Crippen molar-refractivity contribution < 1.29 is 22.3 Å². The van der Waals surface area contributed by atoms with Crippen molar-refractivity contribution in [1.29, 1.82) is 0 Å². The van der Waals surface area contributed by atoms with E-state index in [1.807, 2.05) is 0 Å². The summed E-state index contributed by atoms with van der Waals surface area (Å²) in [6.45, 7) is 2.93. The minimum Gasteiger partial charge on any atom is -0.496 e. The molecule has 0 unspecified atom stereocenters. The highest BCUT2D eigenvalue weighted by Crippen LogP contribution is 2.25. The number of rotatable bonds is 5. The molecule has 5 nitrogen and oxygen atoms in total. The van der Waals surface area contributed by atoms with Crippen LogP contribution < -0.4 is 10.1 Å². The smallest absolute Gasteiger partial charge is 0.238 e. The van der Waals surface area contributed by atoms with Crippen molar-refractivity contribution in [2.75, 3.05) is 13.4 Å². The van der Waals surface area contributed by atoms with Crippen LogP contribution in [-0.4, -0.2) is 32.9 Å². The molecule has 112 valence electrons. The Labute approximate surface area is 118 Å². The van der Waals surface area contributed by atoms with E-state index in [2.05, 4.69) is 5.32 Å². The number of sulfone groups is 1. The summed E-state index contributed by atoms with van der Waals surface area (Å²) in [5.74, 6) is -0.671. The Bertz CT molecular complexity index is 600. The van der Waals surface area contributed by atoms with Crippen LogP contribution in [-0.2, 0) is 14.6 Å². The molecule has 1 rings (SSSR count). The van der Waals surface area contributed by atoms with Gasteiger partial charge in [0.15, 0.2) is 9.84 Å². The van der Waals surface area contributed by atoms with E-state index in [9.17, 15) is 17.6 Å². The van der Waals surface area contributed by atoms with Crippen LogP contribution in [0.5, 0.6) is 5.75 Å². The lowest BCUT2D eigenvalue weighted by Gasteiger charge is -2.19. The number of halogens is 1. The number of benzene rings is 1. The molecular formula is C13H18FNO4S. The number of hydrogen-bond acceptors (Lipinski definition) is 4. The zero-order chi connectivity index (χ0) is 15.5. The fraction of sp³-hybridized carbons (Fsp3) is 0.462. The van der Waals surface area contributed by atoms with Crippen LogP contribution >= 0.6 is 0 Å². The average Bonchev–Trinajstić information content (AvgIpc) is 2.36. The quantitative estimate of drug-likeness (QED) is 0.893. The third-order valence-electron chi connectivity index (χ3n) is 3.03. The number of amides is 1. The first-order valence-electron chi connectivity index (χ1n) is 5.99. The van der Waals surface area contributed by atoms with Crippen molar-refractivity contribution in [1.82, 2.24) is 5.32 Å². The molecule has 0 aromatic heterocycles. The number of carbonyl (C=O) groups excluding carboxylic acids is 1. The molecule has 0 heterocycles. The third-order valence-corrected chi connectivity index (χ3v) is 4.53. The van der Waals surface area contributed by atoms with Gasteiger partial charge in [-0.2, -0.15) is 0 Å². The molecule has 7 heteroatoms. The minimum absolute atomic E-state index is 0.422. The minimum atomic E-state index is -3.47. The van der Waals surface area contributed by atoms with Gasteiger partial charge in [0.05, 0.1) is 13.2 Å². The van der Waals surface area contributed by atoms with E-state index in [-0.39, 0.29) is 0 Å². The number of methoxy groups -OCH3 is 1. The lowest BCUT2D eigenvalue weighted by Crippen LogP contribution is -2.38. The van der Waals surface area contributed by atoms with Gasteiger partial charge < -0.3 is 10.1 Å². The summed E-state index contributed by atoms with van der Waals surface area (Å²) >= 11 is 0. The maximum Gasteiger partial charge on any atom is 0.238 e. The second-order valence-electron chi connectivity index (χ2n) is 4.59. The van der Waals surface area contributed by atoms with Crippen LogP contribution in [0.15, 0.2) is 18.2 Å². The lowest BCUT2D eigenvalue weighted by molar-refractivity contribution is -0.121. The Hall–Kier alpha value is -1.63.